The Kier molecular flexibility index (Phi) is 7.49. The minimum atomic E-state index is -3.22. The smallest absolute Gasteiger partial charge is 0.387 e. The number of morpholine rings is 1. The van der Waals surface area contributed by atoms with Crippen molar-refractivity contribution in [2.24, 2.45) is 5.73 Å². The van der Waals surface area contributed by atoms with Crippen LogP contribution in [0.15, 0.2) is 36.4 Å². The molecule has 0 spiro atoms. The highest BCUT2D eigenvalue weighted by Crippen LogP contribution is 2.32. The lowest BCUT2D eigenvalue weighted by atomic mass is 10.1. The maximum absolute atomic E-state index is 13.8. The molecule has 0 unspecified atom stereocenters. The van der Waals surface area contributed by atoms with E-state index in [9.17, 15) is 27.9 Å². The molecule has 1 heterocycles. The molecular formula is C21H19F3N4O5. The average Bonchev–Trinajstić information content (AvgIpc) is 2.79. The number of nitriles is 1. The highest BCUT2D eigenvalue weighted by Gasteiger charge is 2.40. The third-order valence-corrected chi connectivity index (χ3v) is 4.82. The molecule has 9 nitrogen and oxygen atoms in total. The Balaban J connectivity index is 1.79. The molecule has 2 amide bonds. The van der Waals surface area contributed by atoms with E-state index in [1.807, 2.05) is 6.07 Å². The third kappa shape index (κ3) is 5.40. The number of aliphatic hydroxyl groups is 1. The Morgan fingerprint density at radius 3 is 2.79 bits per heavy atom. The summed E-state index contributed by atoms with van der Waals surface area (Å²) in [4.78, 5) is 26.3. The van der Waals surface area contributed by atoms with Gasteiger partial charge in [0.15, 0.2) is 12.2 Å². The molecule has 1 aliphatic heterocycles. The number of halogens is 3. The summed E-state index contributed by atoms with van der Waals surface area (Å²) >= 11 is 0. The van der Waals surface area contributed by atoms with E-state index in [2.05, 4.69) is 10.1 Å². The van der Waals surface area contributed by atoms with Crippen LogP contribution in [0.25, 0.3) is 0 Å². The Hall–Kier alpha value is -3.66. The van der Waals surface area contributed by atoms with Crippen LogP contribution in [0.5, 0.6) is 5.75 Å². The molecule has 12 heteroatoms. The number of hydrogen-bond donors (Lipinski definition) is 3. The van der Waals surface area contributed by atoms with Gasteiger partial charge in [0.1, 0.15) is 11.6 Å². The molecule has 0 bridgehead atoms. The number of nitrogens with zero attached hydrogens (tertiary/aromatic N) is 2. The first-order valence-corrected chi connectivity index (χ1v) is 9.64. The zero-order valence-corrected chi connectivity index (χ0v) is 17.0. The SMILES string of the molecule is N#Cc1ccc(NC(=O)[C@H](O)[C@H]2OCCN(c3cc(F)ccc3OC(F)F)C2=O)cc1CN. The number of nitrogens with one attached hydrogen (secondary N) is 1. The average molecular weight is 464 g/mol. The van der Waals surface area contributed by atoms with Crippen LogP contribution in [-0.4, -0.2) is 48.9 Å². The van der Waals surface area contributed by atoms with Gasteiger partial charge in [-0.25, -0.2) is 4.39 Å². The summed E-state index contributed by atoms with van der Waals surface area (Å²) < 4.78 is 48.8. The third-order valence-electron chi connectivity index (χ3n) is 4.82. The van der Waals surface area contributed by atoms with Crippen molar-refractivity contribution < 1.29 is 37.3 Å². The first-order chi connectivity index (χ1) is 15.7. The fraction of sp³-hybridized carbons (Fsp3) is 0.286. The minimum absolute atomic E-state index is 0.0327. The molecule has 33 heavy (non-hydrogen) atoms. The number of hydrogen-bond acceptors (Lipinski definition) is 7. The lowest BCUT2D eigenvalue weighted by Crippen LogP contribution is -2.55. The van der Waals surface area contributed by atoms with Gasteiger partial charge >= 0.3 is 6.61 Å². The van der Waals surface area contributed by atoms with Crippen LogP contribution >= 0.6 is 0 Å². The van der Waals surface area contributed by atoms with E-state index in [0.717, 1.165) is 23.1 Å². The lowest BCUT2D eigenvalue weighted by molar-refractivity contribution is -0.150. The van der Waals surface area contributed by atoms with Gasteiger partial charge < -0.3 is 30.5 Å². The van der Waals surface area contributed by atoms with Crippen molar-refractivity contribution in [2.75, 3.05) is 23.4 Å². The van der Waals surface area contributed by atoms with Gasteiger partial charge in [-0.2, -0.15) is 14.0 Å². The van der Waals surface area contributed by atoms with Crippen LogP contribution < -0.4 is 20.7 Å². The summed E-state index contributed by atoms with van der Waals surface area (Å²) in [6.45, 7) is -3.50. The molecule has 3 rings (SSSR count). The Labute approximate surface area is 186 Å². The largest absolute Gasteiger partial charge is 0.433 e. The van der Waals surface area contributed by atoms with Crippen LogP contribution in [0.4, 0.5) is 24.5 Å². The van der Waals surface area contributed by atoms with Crippen LogP contribution in [0.2, 0.25) is 0 Å². The van der Waals surface area contributed by atoms with Crippen molar-refractivity contribution >= 4 is 23.2 Å². The number of amides is 2. The van der Waals surface area contributed by atoms with Gasteiger partial charge in [0.2, 0.25) is 0 Å². The molecule has 0 aliphatic carbocycles. The number of aliphatic hydroxyl groups excluding tert-OH is 1. The van der Waals surface area contributed by atoms with Crippen molar-refractivity contribution in [1.82, 2.24) is 0 Å². The first kappa shape index (κ1) is 24.0. The monoisotopic (exact) mass is 464 g/mol. The zero-order chi connectivity index (χ0) is 24.1. The second kappa shape index (κ2) is 10.3. The predicted molar refractivity (Wildman–Crippen MR) is 109 cm³/mol. The van der Waals surface area contributed by atoms with Gasteiger partial charge in [0.05, 0.1) is 23.9 Å². The molecule has 1 fully saturated rings. The predicted octanol–water partition coefficient (Wildman–Crippen LogP) is 1.49. The highest BCUT2D eigenvalue weighted by molar-refractivity contribution is 6.04. The van der Waals surface area contributed by atoms with Gasteiger partial charge in [-0.1, -0.05) is 0 Å². The molecule has 2 atom stereocenters. The van der Waals surface area contributed by atoms with Gasteiger partial charge in [0, 0.05) is 24.8 Å². The number of benzene rings is 2. The van der Waals surface area contributed by atoms with Crippen LogP contribution in [0.1, 0.15) is 11.1 Å². The van der Waals surface area contributed by atoms with Crippen molar-refractivity contribution in [1.29, 1.82) is 5.26 Å². The van der Waals surface area contributed by atoms with E-state index in [0.29, 0.717) is 11.1 Å². The molecular weight excluding hydrogens is 445 g/mol. The maximum Gasteiger partial charge on any atom is 0.387 e. The zero-order valence-electron chi connectivity index (χ0n) is 17.0. The fourth-order valence-electron chi connectivity index (χ4n) is 3.27. The van der Waals surface area contributed by atoms with E-state index in [-0.39, 0.29) is 31.1 Å². The number of ether oxygens (including phenoxy) is 2. The quantitative estimate of drug-likeness (QED) is 0.564. The van der Waals surface area contributed by atoms with E-state index >= 15 is 0 Å². The van der Waals surface area contributed by atoms with Gasteiger partial charge in [0.25, 0.3) is 11.8 Å². The number of alkyl halides is 2. The number of rotatable bonds is 7. The number of anilines is 2. The van der Waals surface area contributed by atoms with Gasteiger partial charge in [-0.15, -0.1) is 0 Å². The van der Waals surface area contributed by atoms with E-state index in [1.165, 1.54) is 18.2 Å². The summed E-state index contributed by atoms with van der Waals surface area (Å²) in [6.07, 6.45) is -3.67. The minimum Gasteiger partial charge on any atom is -0.433 e. The topological polar surface area (TPSA) is 138 Å². The van der Waals surface area contributed by atoms with Crippen molar-refractivity contribution in [3.63, 3.8) is 0 Å². The van der Waals surface area contributed by atoms with Crippen LogP contribution in [0.3, 0.4) is 0 Å². The normalized spacial score (nSPS) is 16.9. The second-order valence-corrected chi connectivity index (χ2v) is 6.89. The Morgan fingerprint density at radius 1 is 1.36 bits per heavy atom. The van der Waals surface area contributed by atoms with E-state index in [4.69, 9.17) is 15.7 Å². The lowest BCUT2D eigenvalue weighted by Gasteiger charge is -2.34. The summed E-state index contributed by atoms with van der Waals surface area (Å²) in [5.74, 6) is -3.20. The first-order valence-electron chi connectivity index (χ1n) is 9.64. The van der Waals surface area contributed by atoms with Crippen molar-refractivity contribution in [3.05, 3.63) is 53.3 Å². The second-order valence-electron chi connectivity index (χ2n) is 6.89. The summed E-state index contributed by atoms with van der Waals surface area (Å²) in [5, 5.41) is 21.9. The summed E-state index contributed by atoms with van der Waals surface area (Å²) in [6, 6.07) is 8.90. The van der Waals surface area contributed by atoms with Crippen molar-refractivity contribution in [3.8, 4) is 11.8 Å². The molecule has 2 aromatic carbocycles. The van der Waals surface area contributed by atoms with Crippen LogP contribution in [-0.2, 0) is 20.9 Å². The van der Waals surface area contributed by atoms with E-state index < -0.39 is 42.2 Å². The number of carbonyl (C=O) groups is 2. The van der Waals surface area contributed by atoms with Gasteiger partial charge in [-0.3, -0.25) is 9.59 Å². The Morgan fingerprint density at radius 2 is 2.12 bits per heavy atom. The maximum atomic E-state index is 13.8. The molecule has 1 saturated heterocycles. The molecule has 0 aromatic heterocycles. The van der Waals surface area contributed by atoms with Gasteiger partial charge in [-0.05, 0) is 35.9 Å². The summed E-state index contributed by atoms with van der Waals surface area (Å²) in [5.41, 5.74) is 6.28. The molecule has 174 valence electrons. The molecule has 2 aromatic rings. The molecule has 0 saturated carbocycles. The Bertz CT molecular complexity index is 1090. The number of carbonyl (C=O) groups excluding carboxylic acids is 2. The van der Waals surface area contributed by atoms with Crippen molar-refractivity contribution in [2.45, 2.75) is 25.4 Å². The van der Waals surface area contributed by atoms with E-state index in [1.54, 1.807) is 0 Å². The molecule has 4 N–H and O–H groups in total. The number of nitrogens with two attached hydrogens (primary N) is 1. The molecule has 0 radical (unpaired) electrons. The fourth-order valence-corrected chi connectivity index (χ4v) is 3.27. The summed E-state index contributed by atoms with van der Waals surface area (Å²) in [7, 11) is 0. The standard InChI is InChI=1S/C21H19F3N4O5/c22-13-2-4-16(33-21(23)24)15(8-13)28-5-6-32-18(20(28)31)17(29)19(30)27-14-3-1-11(9-25)12(7-14)10-26/h1-4,7-8,17-18,21,29H,5-6,10,26H2,(H,27,30)/t17-,18-/m1/s1. The molecule has 1 aliphatic rings. The van der Waals surface area contributed by atoms with Crippen LogP contribution in [0, 0.1) is 17.1 Å². The highest BCUT2D eigenvalue weighted by atomic mass is 19.3.